The van der Waals surface area contributed by atoms with Gasteiger partial charge in [-0.25, -0.2) is 9.78 Å². The van der Waals surface area contributed by atoms with Crippen molar-refractivity contribution in [1.29, 1.82) is 0 Å². The number of nitrogens with zero attached hydrogens (tertiary/aromatic N) is 3. The summed E-state index contributed by atoms with van der Waals surface area (Å²) in [6.07, 6.45) is 4.97. The van der Waals surface area contributed by atoms with Crippen LogP contribution in [0, 0.1) is 6.92 Å². The van der Waals surface area contributed by atoms with Gasteiger partial charge in [0.05, 0.1) is 35.2 Å². The van der Waals surface area contributed by atoms with Crippen LogP contribution in [0.3, 0.4) is 0 Å². The van der Waals surface area contributed by atoms with Crippen LogP contribution in [0.1, 0.15) is 28.0 Å². The average molecular weight is 293 g/mol. The van der Waals surface area contributed by atoms with Crippen LogP contribution in [0.25, 0.3) is 16.6 Å². The number of thiazole rings is 1. The molecule has 0 saturated heterocycles. The third-order valence-corrected chi connectivity index (χ3v) is 3.84. The number of carboxylic acid groups (broad SMARTS) is 1. The molecule has 2 heterocycles. The molecule has 7 heteroatoms. The lowest BCUT2D eigenvalue weighted by molar-refractivity contribution is 0.0686. The second-order valence-corrected chi connectivity index (χ2v) is 5.09. The van der Waals surface area contributed by atoms with Gasteiger partial charge in [-0.2, -0.15) is 5.10 Å². The van der Waals surface area contributed by atoms with Gasteiger partial charge in [0.25, 0.3) is 0 Å². The van der Waals surface area contributed by atoms with Crippen molar-refractivity contribution in [3.8, 4) is 10.6 Å². The van der Waals surface area contributed by atoms with Crippen molar-refractivity contribution in [1.82, 2.24) is 14.8 Å². The van der Waals surface area contributed by atoms with E-state index in [9.17, 15) is 9.90 Å². The zero-order valence-corrected chi connectivity index (χ0v) is 12.3. The molecule has 0 aliphatic heterocycles. The molecule has 0 amide bonds. The highest BCUT2D eigenvalue weighted by Gasteiger charge is 2.20. The van der Waals surface area contributed by atoms with E-state index in [-0.39, 0.29) is 5.69 Å². The Balaban J connectivity index is 2.40. The van der Waals surface area contributed by atoms with Gasteiger partial charge in [-0.3, -0.25) is 4.68 Å². The molecular formula is C13H15N3O3S. The molecule has 0 fully saturated rings. The second-order valence-electron chi connectivity index (χ2n) is 4.06. The molecule has 0 bridgehead atoms. The maximum atomic E-state index is 11.3. The molecule has 0 saturated carbocycles. The molecule has 0 aliphatic rings. The molecule has 6 nitrogen and oxygen atoms in total. The molecule has 2 aromatic heterocycles. The van der Waals surface area contributed by atoms with Crippen molar-refractivity contribution in [2.45, 2.75) is 13.8 Å². The molecule has 0 spiro atoms. The van der Waals surface area contributed by atoms with Gasteiger partial charge in [-0.15, -0.1) is 11.3 Å². The Labute approximate surface area is 120 Å². The Kier molecular flexibility index (Phi) is 4.19. The number of aromatic carboxylic acids is 1. The maximum absolute atomic E-state index is 11.3. The van der Waals surface area contributed by atoms with E-state index in [1.807, 2.05) is 19.9 Å². The summed E-state index contributed by atoms with van der Waals surface area (Å²) in [4.78, 5) is 16.6. The first-order valence-electron chi connectivity index (χ1n) is 6.05. The van der Waals surface area contributed by atoms with Crippen molar-refractivity contribution in [2.75, 3.05) is 6.61 Å². The fourth-order valence-corrected chi connectivity index (χ4v) is 2.70. The quantitative estimate of drug-likeness (QED) is 0.857. The summed E-state index contributed by atoms with van der Waals surface area (Å²) in [7, 11) is 1.60. The van der Waals surface area contributed by atoms with E-state index in [0.717, 1.165) is 10.6 Å². The van der Waals surface area contributed by atoms with E-state index in [1.54, 1.807) is 13.3 Å². The molecule has 2 aromatic rings. The third-order valence-electron chi connectivity index (χ3n) is 2.69. The average Bonchev–Trinajstić information content (AvgIpc) is 2.93. The Bertz CT molecular complexity index is 658. The smallest absolute Gasteiger partial charge is 0.354 e. The van der Waals surface area contributed by atoms with Crippen molar-refractivity contribution in [2.24, 2.45) is 7.05 Å². The molecule has 0 radical (unpaired) electrons. The van der Waals surface area contributed by atoms with Crippen molar-refractivity contribution in [3.05, 3.63) is 28.7 Å². The fraction of sp³-hybridized carbons (Fsp3) is 0.308. The third kappa shape index (κ3) is 2.72. The number of rotatable bonds is 5. The highest BCUT2D eigenvalue weighted by Crippen LogP contribution is 2.30. The van der Waals surface area contributed by atoms with Gasteiger partial charge in [0, 0.05) is 7.05 Å². The summed E-state index contributed by atoms with van der Waals surface area (Å²) < 4.78 is 6.50. The standard InChI is InChI=1S/C13H15N3O3S/c1-4-19-6-5-10-8(2)15-12(20-10)9-7-14-16(3)11(9)13(17)18/h5-7H,4H2,1-3H3,(H,17,18)/b6-5+. The van der Waals surface area contributed by atoms with Crippen molar-refractivity contribution in [3.63, 3.8) is 0 Å². The maximum Gasteiger partial charge on any atom is 0.354 e. The van der Waals surface area contributed by atoms with Crippen LogP contribution in [-0.2, 0) is 11.8 Å². The largest absolute Gasteiger partial charge is 0.501 e. The van der Waals surface area contributed by atoms with Crippen LogP contribution in [0.2, 0.25) is 0 Å². The topological polar surface area (TPSA) is 77.2 Å². The summed E-state index contributed by atoms with van der Waals surface area (Å²) in [5.74, 6) is -1.01. The van der Waals surface area contributed by atoms with Gasteiger partial charge in [0.1, 0.15) is 5.01 Å². The van der Waals surface area contributed by atoms with E-state index in [2.05, 4.69) is 10.1 Å². The van der Waals surface area contributed by atoms with Crippen molar-refractivity contribution >= 4 is 23.4 Å². The van der Waals surface area contributed by atoms with Gasteiger partial charge in [0.15, 0.2) is 5.69 Å². The predicted octanol–water partition coefficient (Wildman–Crippen LogP) is 2.56. The Morgan fingerprint density at radius 3 is 3.00 bits per heavy atom. The first kappa shape index (κ1) is 14.3. The van der Waals surface area contributed by atoms with E-state index < -0.39 is 5.97 Å². The van der Waals surface area contributed by atoms with E-state index in [4.69, 9.17) is 4.74 Å². The lowest BCUT2D eigenvalue weighted by atomic mass is 10.2. The van der Waals surface area contributed by atoms with E-state index in [0.29, 0.717) is 17.2 Å². The van der Waals surface area contributed by atoms with Crippen LogP contribution in [0.5, 0.6) is 0 Å². The van der Waals surface area contributed by atoms with Crippen LogP contribution in [0.4, 0.5) is 0 Å². The zero-order valence-electron chi connectivity index (χ0n) is 11.5. The fourth-order valence-electron chi connectivity index (χ4n) is 1.73. The summed E-state index contributed by atoms with van der Waals surface area (Å²) in [5, 5.41) is 13.9. The predicted molar refractivity (Wildman–Crippen MR) is 76.7 cm³/mol. The van der Waals surface area contributed by atoms with Crippen LogP contribution < -0.4 is 0 Å². The van der Waals surface area contributed by atoms with Crippen molar-refractivity contribution < 1.29 is 14.6 Å². The van der Waals surface area contributed by atoms with Gasteiger partial charge < -0.3 is 9.84 Å². The van der Waals surface area contributed by atoms with E-state index in [1.165, 1.54) is 22.2 Å². The summed E-state index contributed by atoms with van der Waals surface area (Å²) in [6.45, 7) is 4.39. The number of ether oxygens (including phenoxy) is 1. The van der Waals surface area contributed by atoms with Gasteiger partial charge in [-0.05, 0) is 19.9 Å². The van der Waals surface area contributed by atoms with Gasteiger partial charge >= 0.3 is 5.97 Å². The summed E-state index contributed by atoms with van der Waals surface area (Å²) >= 11 is 1.41. The van der Waals surface area contributed by atoms with Crippen LogP contribution in [-0.4, -0.2) is 32.4 Å². The van der Waals surface area contributed by atoms with E-state index >= 15 is 0 Å². The molecular weight excluding hydrogens is 278 g/mol. The normalized spacial score (nSPS) is 11.2. The minimum absolute atomic E-state index is 0.138. The minimum atomic E-state index is -1.01. The first-order chi connectivity index (χ1) is 9.54. The molecule has 0 atom stereocenters. The molecule has 0 aliphatic carbocycles. The summed E-state index contributed by atoms with van der Waals surface area (Å²) in [6, 6.07) is 0. The Morgan fingerprint density at radius 1 is 1.60 bits per heavy atom. The Morgan fingerprint density at radius 2 is 2.35 bits per heavy atom. The number of hydrogen-bond donors (Lipinski definition) is 1. The van der Waals surface area contributed by atoms with Crippen LogP contribution >= 0.6 is 11.3 Å². The molecule has 0 unspecified atom stereocenters. The number of aryl methyl sites for hydroxylation is 2. The number of carboxylic acids is 1. The second kappa shape index (κ2) is 5.87. The number of aromatic nitrogens is 3. The zero-order chi connectivity index (χ0) is 14.7. The SMILES string of the molecule is CCO/C=C/c1sc(-c2cnn(C)c2C(=O)O)nc1C. The molecule has 0 aromatic carbocycles. The highest BCUT2D eigenvalue weighted by molar-refractivity contribution is 7.16. The van der Waals surface area contributed by atoms with Gasteiger partial charge in [0.2, 0.25) is 0 Å². The molecule has 20 heavy (non-hydrogen) atoms. The molecule has 106 valence electrons. The lowest BCUT2D eigenvalue weighted by Gasteiger charge is -1.97. The number of carbonyl (C=O) groups is 1. The molecule has 1 N–H and O–H groups in total. The van der Waals surface area contributed by atoms with Gasteiger partial charge in [-0.1, -0.05) is 0 Å². The first-order valence-corrected chi connectivity index (χ1v) is 6.87. The number of hydrogen-bond acceptors (Lipinski definition) is 5. The minimum Gasteiger partial charge on any atom is -0.501 e. The lowest BCUT2D eigenvalue weighted by Crippen LogP contribution is -2.06. The Hall–Kier alpha value is -2.15. The summed E-state index contributed by atoms with van der Waals surface area (Å²) in [5.41, 5.74) is 1.50. The highest BCUT2D eigenvalue weighted by atomic mass is 32.1. The van der Waals surface area contributed by atoms with Crippen LogP contribution in [0.15, 0.2) is 12.5 Å². The molecule has 2 rings (SSSR count). The monoisotopic (exact) mass is 293 g/mol.